The second kappa shape index (κ2) is 9.02. The van der Waals surface area contributed by atoms with Crippen LogP contribution < -0.4 is 4.74 Å². The fourth-order valence-electron chi connectivity index (χ4n) is 3.77. The molecule has 0 aliphatic carbocycles. The topological polar surface area (TPSA) is 80.3 Å². The highest BCUT2D eigenvalue weighted by Crippen LogP contribution is 2.38. The van der Waals surface area contributed by atoms with Crippen LogP contribution in [0.3, 0.4) is 0 Å². The number of aromatic nitrogens is 3. The van der Waals surface area contributed by atoms with Crippen molar-refractivity contribution in [1.29, 1.82) is 0 Å². The van der Waals surface area contributed by atoms with Crippen molar-refractivity contribution in [1.82, 2.24) is 20.1 Å². The second-order valence-electron chi connectivity index (χ2n) is 9.17. The quantitative estimate of drug-likeness (QED) is 0.608. The van der Waals surface area contributed by atoms with Crippen molar-refractivity contribution in [3.63, 3.8) is 0 Å². The molecule has 0 radical (unpaired) electrons. The number of piperidine rings is 1. The van der Waals surface area contributed by atoms with Gasteiger partial charge in [0, 0.05) is 43.9 Å². The molecule has 32 heavy (non-hydrogen) atoms. The molecular weight excluding hydrogens is 404 g/mol. The van der Waals surface area contributed by atoms with E-state index in [1.807, 2.05) is 32.9 Å². The number of H-pyrrole nitrogens is 1. The molecule has 1 fully saturated rings. The molecule has 3 aromatic rings. The third-order valence-corrected chi connectivity index (χ3v) is 5.41. The van der Waals surface area contributed by atoms with Crippen molar-refractivity contribution in [2.45, 2.75) is 52.2 Å². The first-order valence-electron chi connectivity index (χ1n) is 11.0. The highest BCUT2D eigenvalue weighted by molar-refractivity contribution is 5.84. The van der Waals surface area contributed by atoms with Gasteiger partial charge in [0.2, 0.25) is 5.88 Å². The summed E-state index contributed by atoms with van der Waals surface area (Å²) in [5.41, 5.74) is 4.58. The van der Waals surface area contributed by atoms with E-state index in [9.17, 15) is 4.79 Å². The van der Waals surface area contributed by atoms with Gasteiger partial charge in [-0.25, -0.2) is 4.79 Å². The SMILES string of the molecule is Cc1ccc(-c2[nH]nc(OC3CCN(C(=O)OC(C)(C)C)CC3)c2-c2ccncc2)cc1. The lowest BCUT2D eigenvalue weighted by atomic mass is 10.0. The number of aromatic amines is 1. The Morgan fingerprint density at radius 3 is 2.31 bits per heavy atom. The fraction of sp³-hybridized carbons (Fsp3) is 0.400. The van der Waals surface area contributed by atoms with Gasteiger partial charge in [0.1, 0.15) is 11.7 Å². The number of carbonyl (C=O) groups excluding carboxylic acids is 1. The van der Waals surface area contributed by atoms with E-state index in [1.54, 1.807) is 17.3 Å². The van der Waals surface area contributed by atoms with Crippen LogP contribution in [0.15, 0.2) is 48.8 Å². The molecular formula is C25H30N4O3. The van der Waals surface area contributed by atoms with Crippen molar-refractivity contribution in [3.8, 4) is 28.3 Å². The Bertz CT molecular complexity index is 1050. The van der Waals surface area contributed by atoms with Crippen LogP contribution in [0, 0.1) is 6.92 Å². The number of nitrogens with zero attached hydrogens (tertiary/aromatic N) is 3. The molecule has 1 aliphatic rings. The number of benzene rings is 1. The van der Waals surface area contributed by atoms with Gasteiger partial charge in [-0.2, -0.15) is 0 Å². The molecule has 1 N–H and O–H groups in total. The van der Waals surface area contributed by atoms with Crippen LogP contribution in [0.25, 0.3) is 22.4 Å². The lowest BCUT2D eigenvalue weighted by molar-refractivity contribution is 0.0123. The Morgan fingerprint density at radius 2 is 1.69 bits per heavy atom. The van der Waals surface area contributed by atoms with Crippen LogP contribution in [0.1, 0.15) is 39.2 Å². The van der Waals surface area contributed by atoms with Gasteiger partial charge in [-0.3, -0.25) is 10.1 Å². The lowest BCUT2D eigenvalue weighted by Crippen LogP contribution is -2.44. The molecule has 2 aromatic heterocycles. The van der Waals surface area contributed by atoms with Crippen LogP contribution in [-0.2, 0) is 4.74 Å². The molecule has 0 spiro atoms. The van der Waals surface area contributed by atoms with Crippen molar-refractivity contribution in [2.24, 2.45) is 0 Å². The molecule has 0 atom stereocenters. The Kier molecular flexibility index (Phi) is 6.17. The van der Waals surface area contributed by atoms with E-state index in [4.69, 9.17) is 9.47 Å². The van der Waals surface area contributed by atoms with Gasteiger partial charge in [0.25, 0.3) is 0 Å². The smallest absolute Gasteiger partial charge is 0.410 e. The predicted octanol–water partition coefficient (Wildman–Crippen LogP) is 5.23. The van der Waals surface area contributed by atoms with Crippen molar-refractivity contribution in [2.75, 3.05) is 13.1 Å². The minimum atomic E-state index is -0.495. The Balaban J connectivity index is 1.52. The molecule has 1 amide bonds. The van der Waals surface area contributed by atoms with Gasteiger partial charge in [-0.15, -0.1) is 5.10 Å². The van der Waals surface area contributed by atoms with E-state index in [-0.39, 0.29) is 12.2 Å². The summed E-state index contributed by atoms with van der Waals surface area (Å²) in [5.74, 6) is 0.572. The van der Waals surface area contributed by atoms with Crippen molar-refractivity contribution >= 4 is 6.09 Å². The van der Waals surface area contributed by atoms with Gasteiger partial charge in [0.15, 0.2) is 0 Å². The summed E-state index contributed by atoms with van der Waals surface area (Å²) >= 11 is 0. The Labute approximate surface area is 188 Å². The van der Waals surface area contributed by atoms with Crippen LogP contribution in [-0.4, -0.2) is 51.0 Å². The minimum Gasteiger partial charge on any atom is -0.473 e. The lowest BCUT2D eigenvalue weighted by Gasteiger charge is -2.33. The Morgan fingerprint density at radius 1 is 1.03 bits per heavy atom. The third kappa shape index (κ3) is 5.10. The number of aryl methyl sites for hydroxylation is 1. The Hall–Kier alpha value is -3.35. The van der Waals surface area contributed by atoms with Crippen LogP contribution >= 0.6 is 0 Å². The van der Waals surface area contributed by atoms with Gasteiger partial charge in [-0.1, -0.05) is 29.8 Å². The monoisotopic (exact) mass is 434 g/mol. The van der Waals surface area contributed by atoms with Crippen LogP contribution in [0.5, 0.6) is 5.88 Å². The molecule has 7 nitrogen and oxygen atoms in total. The predicted molar refractivity (Wildman–Crippen MR) is 123 cm³/mol. The van der Waals surface area contributed by atoms with E-state index in [0.29, 0.717) is 19.0 Å². The molecule has 1 aromatic carbocycles. The average molecular weight is 435 g/mol. The normalized spacial score (nSPS) is 14.9. The van der Waals surface area contributed by atoms with Crippen LogP contribution in [0.4, 0.5) is 4.79 Å². The average Bonchev–Trinajstić information content (AvgIpc) is 3.17. The zero-order chi connectivity index (χ0) is 22.7. The van der Waals surface area contributed by atoms with Crippen LogP contribution in [0.2, 0.25) is 0 Å². The fourth-order valence-corrected chi connectivity index (χ4v) is 3.77. The maximum Gasteiger partial charge on any atom is 0.410 e. The molecule has 3 heterocycles. The summed E-state index contributed by atoms with van der Waals surface area (Å²) in [4.78, 5) is 18.2. The van der Waals surface area contributed by atoms with Gasteiger partial charge < -0.3 is 14.4 Å². The number of nitrogens with one attached hydrogen (secondary N) is 1. The number of carbonyl (C=O) groups is 1. The van der Waals surface area contributed by atoms with E-state index in [1.165, 1.54) is 5.56 Å². The van der Waals surface area contributed by atoms with E-state index >= 15 is 0 Å². The number of pyridine rings is 1. The van der Waals surface area contributed by atoms with Gasteiger partial charge in [0.05, 0.1) is 11.3 Å². The molecule has 0 bridgehead atoms. The number of rotatable bonds is 4. The summed E-state index contributed by atoms with van der Waals surface area (Å²) < 4.78 is 11.8. The zero-order valence-corrected chi connectivity index (χ0v) is 19.1. The first-order valence-corrected chi connectivity index (χ1v) is 11.0. The molecule has 0 unspecified atom stereocenters. The molecule has 7 heteroatoms. The minimum absolute atomic E-state index is 0.0246. The van der Waals surface area contributed by atoms with Crippen molar-refractivity contribution < 1.29 is 14.3 Å². The maximum atomic E-state index is 12.3. The summed E-state index contributed by atoms with van der Waals surface area (Å²) in [5, 5.41) is 7.69. The van der Waals surface area contributed by atoms with Crippen molar-refractivity contribution in [3.05, 3.63) is 54.4 Å². The number of hydrogen-bond donors (Lipinski definition) is 1. The molecule has 4 rings (SSSR count). The second-order valence-corrected chi connectivity index (χ2v) is 9.17. The summed E-state index contributed by atoms with van der Waals surface area (Å²) in [7, 11) is 0. The summed E-state index contributed by atoms with van der Waals surface area (Å²) in [6.45, 7) is 8.90. The first kappa shape index (κ1) is 21.9. The molecule has 1 saturated heterocycles. The van der Waals surface area contributed by atoms with Gasteiger partial charge in [-0.05, 0) is 45.4 Å². The standard InChI is InChI=1S/C25H30N4O3/c1-17-5-7-19(8-6-17)22-21(18-9-13-26-14-10-18)23(28-27-22)31-20-11-15-29(16-12-20)24(30)32-25(2,3)4/h5-10,13-14,20H,11-12,15-16H2,1-4H3,(H,27,28). The number of ether oxygens (including phenoxy) is 2. The largest absolute Gasteiger partial charge is 0.473 e. The zero-order valence-electron chi connectivity index (χ0n) is 19.1. The van der Waals surface area contributed by atoms with E-state index < -0.39 is 5.60 Å². The molecule has 1 aliphatic heterocycles. The number of hydrogen-bond acceptors (Lipinski definition) is 5. The number of amides is 1. The highest BCUT2D eigenvalue weighted by atomic mass is 16.6. The molecule has 0 saturated carbocycles. The third-order valence-electron chi connectivity index (χ3n) is 5.41. The van der Waals surface area contributed by atoms with E-state index in [0.717, 1.165) is 35.2 Å². The maximum absolute atomic E-state index is 12.3. The van der Waals surface area contributed by atoms with Gasteiger partial charge >= 0.3 is 6.09 Å². The highest BCUT2D eigenvalue weighted by Gasteiger charge is 2.29. The van der Waals surface area contributed by atoms with E-state index in [2.05, 4.69) is 46.4 Å². The molecule has 168 valence electrons. The number of likely N-dealkylation sites (tertiary alicyclic amines) is 1. The summed E-state index contributed by atoms with van der Waals surface area (Å²) in [6, 6.07) is 12.2. The summed E-state index contributed by atoms with van der Waals surface area (Å²) in [6.07, 6.45) is 4.69. The first-order chi connectivity index (χ1) is 15.3.